The molecule has 1 aromatic carbocycles. The highest BCUT2D eigenvalue weighted by atomic mass is 19.1. The number of nitrogen functional groups attached to an aromatic ring is 1. The Bertz CT molecular complexity index is 1270. The lowest BCUT2D eigenvalue weighted by Crippen LogP contribution is -2.58. The summed E-state index contributed by atoms with van der Waals surface area (Å²) in [6, 6.07) is 5.18. The maximum Gasteiger partial charge on any atom is 0.341 e. The van der Waals surface area contributed by atoms with Crippen LogP contribution in [-0.2, 0) is 7.05 Å². The number of amides is 2. The molecule has 34 heavy (non-hydrogen) atoms. The minimum atomic E-state index is -0.723. The number of rotatable bonds is 4. The third-order valence-corrected chi connectivity index (χ3v) is 5.69. The van der Waals surface area contributed by atoms with Crippen molar-refractivity contribution in [2.75, 3.05) is 18.8 Å². The first-order valence-corrected chi connectivity index (χ1v) is 10.5. The minimum Gasteiger partial charge on any atom is -0.483 e. The van der Waals surface area contributed by atoms with E-state index >= 15 is 0 Å². The summed E-state index contributed by atoms with van der Waals surface area (Å²) < 4.78 is 48.9. The van der Waals surface area contributed by atoms with Crippen molar-refractivity contribution in [2.45, 2.75) is 18.6 Å². The molecule has 176 valence electrons. The van der Waals surface area contributed by atoms with Crippen LogP contribution in [0.3, 0.4) is 0 Å². The zero-order valence-electron chi connectivity index (χ0n) is 18.0. The van der Waals surface area contributed by atoms with Crippen LogP contribution in [-0.4, -0.2) is 56.1 Å². The number of hydrogen-bond donors (Lipinski definition) is 1. The average Bonchev–Trinajstić information content (AvgIpc) is 3.37. The van der Waals surface area contributed by atoms with E-state index in [4.69, 9.17) is 10.5 Å². The van der Waals surface area contributed by atoms with Crippen molar-refractivity contribution in [1.82, 2.24) is 24.7 Å². The number of carbonyl (C=O) groups is 1. The number of benzene rings is 1. The van der Waals surface area contributed by atoms with Crippen LogP contribution in [0.5, 0.6) is 5.75 Å². The van der Waals surface area contributed by atoms with Crippen molar-refractivity contribution in [3.63, 3.8) is 0 Å². The van der Waals surface area contributed by atoms with E-state index in [9.17, 15) is 18.0 Å². The summed E-state index contributed by atoms with van der Waals surface area (Å²) in [4.78, 5) is 18.5. The molecule has 12 heteroatoms. The summed E-state index contributed by atoms with van der Waals surface area (Å²) in [5, 5.41) is 9.33. The first kappa shape index (κ1) is 21.7. The van der Waals surface area contributed by atoms with Gasteiger partial charge in [-0.1, -0.05) is 0 Å². The number of aromatic nitrogens is 3. The summed E-state index contributed by atoms with van der Waals surface area (Å²) in [6.07, 6.45) is 2.48. The zero-order chi connectivity index (χ0) is 24.0. The highest BCUT2D eigenvalue weighted by molar-refractivity contribution is 5.79. The first-order valence-electron chi connectivity index (χ1n) is 10.5. The van der Waals surface area contributed by atoms with E-state index in [1.165, 1.54) is 39.0 Å². The number of carbonyl (C=O) groups excluding carboxylic acids is 1. The van der Waals surface area contributed by atoms with Gasteiger partial charge >= 0.3 is 6.03 Å². The Labute approximate surface area is 192 Å². The molecule has 2 amide bonds. The number of nitrogens with two attached hydrogens (primary N) is 1. The van der Waals surface area contributed by atoms with Crippen LogP contribution in [0.4, 0.5) is 23.8 Å². The van der Waals surface area contributed by atoms with Crippen LogP contribution in [0.2, 0.25) is 0 Å². The number of likely N-dealkylation sites (tertiary alicyclic amines) is 1. The molecule has 1 saturated heterocycles. The fourth-order valence-electron chi connectivity index (χ4n) is 4.02. The topological polar surface area (TPSA) is 102 Å². The van der Waals surface area contributed by atoms with Crippen molar-refractivity contribution in [3.05, 3.63) is 59.5 Å². The monoisotopic (exact) mass is 471 g/mol. The van der Waals surface area contributed by atoms with E-state index in [0.717, 1.165) is 12.3 Å². The lowest BCUT2D eigenvalue weighted by atomic mass is 10.0. The fraction of sp³-hybridized carbons (Fsp3) is 0.273. The quantitative estimate of drug-likeness (QED) is 0.630. The molecule has 0 saturated carbocycles. The summed E-state index contributed by atoms with van der Waals surface area (Å²) in [6.45, 7) is 0.398. The van der Waals surface area contributed by atoms with Crippen LogP contribution in [0.1, 0.15) is 18.0 Å². The fourth-order valence-corrected chi connectivity index (χ4v) is 4.02. The Hall–Kier alpha value is -4.09. The molecule has 5 rings (SSSR count). The van der Waals surface area contributed by atoms with E-state index < -0.39 is 35.6 Å². The molecule has 1 atom stereocenters. The van der Waals surface area contributed by atoms with Gasteiger partial charge in [-0.2, -0.15) is 10.2 Å². The molecule has 2 N–H and O–H groups in total. The standard InChI is InChI=1S/C22H20F3N7O2/c1-30-19(8-21(26)29-30)17-7-20(16(25)9-27-17)34-15-10-31(11-15)22(33)32-18(2-3-28-32)12-4-13(23)6-14(24)5-12/h3-9,15,18H,2,10-11H2,1H3,(H2,26,29). The van der Waals surface area contributed by atoms with Crippen molar-refractivity contribution in [3.8, 4) is 17.1 Å². The number of halogens is 3. The smallest absolute Gasteiger partial charge is 0.341 e. The molecular formula is C22H20F3N7O2. The van der Waals surface area contributed by atoms with Gasteiger partial charge in [0.2, 0.25) is 0 Å². The molecule has 2 aliphatic rings. The highest BCUT2D eigenvalue weighted by Gasteiger charge is 2.39. The van der Waals surface area contributed by atoms with Crippen molar-refractivity contribution in [1.29, 1.82) is 0 Å². The van der Waals surface area contributed by atoms with E-state index in [0.29, 0.717) is 29.2 Å². The second-order valence-electron chi connectivity index (χ2n) is 8.10. The number of ether oxygens (including phenoxy) is 1. The van der Waals surface area contributed by atoms with Gasteiger partial charge in [0.25, 0.3) is 0 Å². The van der Waals surface area contributed by atoms with Gasteiger partial charge in [0.05, 0.1) is 36.7 Å². The SMILES string of the molecule is Cn1nc(N)cc1-c1cc(OC2CN(C(=O)N3N=CCC3c3cc(F)cc(F)c3)C2)c(F)cn1. The molecule has 0 aliphatic carbocycles. The number of aryl methyl sites for hydroxylation is 1. The van der Waals surface area contributed by atoms with Crippen LogP contribution in [0.25, 0.3) is 11.4 Å². The second-order valence-corrected chi connectivity index (χ2v) is 8.10. The predicted molar refractivity (Wildman–Crippen MR) is 116 cm³/mol. The van der Waals surface area contributed by atoms with E-state index in [-0.39, 0.29) is 18.8 Å². The van der Waals surface area contributed by atoms with Gasteiger partial charge < -0.3 is 15.4 Å². The Balaban J connectivity index is 1.24. The molecule has 3 aromatic rings. The van der Waals surface area contributed by atoms with Gasteiger partial charge in [-0.05, 0) is 17.7 Å². The molecule has 0 bridgehead atoms. The third-order valence-electron chi connectivity index (χ3n) is 5.69. The Morgan fingerprint density at radius 2 is 1.85 bits per heavy atom. The third kappa shape index (κ3) is 4.02. The molecule has 4 heterocycles. The maximum absolute atomic E-state index is 14.3. The molecule has 1 unspecified atom stereocenters. The van der Waals surface area contributed by atoms with Gasteiger partial charge in [0.15, 0.2) is 11.6 Å². The minimum absolute atomic E-state index is 0.00539. The van der Waals surface area contributed by atoms with E-state index in [1.54, 1.807) is 13.1 Å². The second kappa shape index (κ2) is 8.36. The Kier molecular flexibility index (Phi) is 5.34. The largest absolute Gasteiger partial charge is 0.483 e. The maximum atomic E-state index is 14.3. The summed E-state index contributed by atoms with van der Waals surface area (Å²) in [7, 11) is 1.69. The van der Waals surface area contributed by atoms with Gasteiger partial charge in [0, 0.05) is 37.9 Å². The molecule has 0 radical (unpaired) electrons. The number of pyridine rings is 1. The lowest BCUT2D eigenvalue weighted by Gasteiger charge is -2.41. The van der Waals surface area contributed by atoms with Crippen molar-refractivity contribution < 1.29 is 22.7 Å². The summed E-state index contributed by atoms with van der Waals surface area (Å²) >= 11 is 0. The molecule has 1 fully saturated rings. The van der Waals surface area contributed by atoms with Gasteiger partial charge in [-0.15, -0.1) is 0 Å². The molecule has 2 aliphatic heterocycles. The lowest BCUT2D eigenvalue weighted by molar-refractivity contribution is 0.0256. The number of anilines is 1. The molecule has 9 nitrogen and oxygen atoms in total. The Morgan fingerprint density at radius 1 is 1.12 bits per heavy atom. The van der Waals surface area contributed by atoms with Gasteiger partial charge in [-0.3, -0.25) is 9.67 Å². The van der Waals surface area contributed by atoms with E-state index in [2.05, 4.69) is 15.2 Å². The molecule has 2 aromatic heterocycles. The molecular weight excluding hydrogens is 451 g/mol. The van der Waals surface area contributed by atoms with Crippen LogP contribution in [0.15, 0.2) is 41.6 Å². The number of nitrogens with zero attached hydrogens (tertiary/aromatic N) is 6. The van der Waals surface area contributed by atoms with Gasteiger partial charge in [0.1, 0.15) is 23.6 Å². The van der Waals surface area contributed by atoms with E-state index in [1.807, 2.05) is 0 Å². The first-order chi connectivity index (χ1) is 16.3. The summed E-state index contributed by atoms with van der Waals surface area (Å²) in [5.41, 5.74) is 7.05. The highest BCUT2D eigenvalue weighted by Crippen LogP contribution is 2.32. The van der Waals surface area contributed by atoms with Crippen LogP contribution < -0.4 is 10.5 Å². The van der Waals surface area contributed by atoms with Crippen LogP contribution >= 0.6 is 0 Å². The van der Waals surface area contributed by atoms with Crippen molar-refractivity contribution >= 4 is 18.1 Å². The Morgan fingerprint density at radius 3 is 2.53 bits per heavy atom. The van der Waals surface area contributed by atoms with Crippen LogP contribution in [0, 0.1) is 17.5 Å². The zero-order valence-corrected chi connectivity index (χ0v) is 18.0. The van der Waals surface area contributed by atoms with Crippen molar-refractivity contribution in [2.24, 2.45) is 12.1 Å². The number of urea groups is 1. The molecule has 0 spiro atoms. The predicted octanol–water partition coefficient (Wildman–Crippen LogP) is 3.10. The average molecular weight is 471 g/mol. The summed E-state index contributed by atoms with van der Waals surface area (Å²) in [5.74, 6) is -1.78. The number of hydrogen-bond acceptors (Lipinski definition) is 6. The number of hydrazone groups is 1. The normalized spacial score (nSPS) is 17.8. The van der Waals surface area contributed by atoms with Gasteiger partial charge in [-0.25, -0.2) is 23.0 Å².